The van der Waals surface area contributed by atoms with Crippen LogP contribution in [0.5, 0.6) is 0 Å². The molecule has 12 aromatic rings. The lowest BCUT2D eigenvalue weighted by atomic mass is 9.99. The van der Waals surface area contributed by atoms with Gasteiger partial charge in [0.25, 0.3) is 0 Å². The van der Waals surface area contributed by atoms with Crippen LogP contribution in [0.1, 0.15) is 0 Å². The number of hydrogen-bond acceptors (Lipinski definition) is 5. The Kier molecular flexibility index (Phi) is 6.83. The molecule has 57 heavy (non-hydrogen) atoms. The molecule has 12 rings (SSSR count). The van der Waals surface area contributed by atoms with E-state index in [0.29, 0.717) is 17.5 Å². The SMILES string of the molecule is c1ccc(-c2nc(-c3ccc4c(c3)c3ccccc3n4-c3cccc4c3oc3cccc(-c5ccccc5)c34)nc(-c3cccc4c3oc3ccccc34)n2)cc1. The Morgan fingerprint density at radius 1 is 0.351 bits per heavy atom. The van der Waals surface area contributed by atoms with Crippen molar-refractivity contribution in [2.45, 2.75) is 0 Å². The Bertz CT molecular complexity index is 3530. The molecule has 0 bridgehead atoms. The van der Waals surface area contributed by atoms with Crippen LogP contribution < -0.4 is 0 Å². The lowest BCUT2D eigenvalue weighted by Gasteiger charge is -2.10. The Morgan fingerprint density at radius 3 is 1.81 bits per heavy atom. The summed E-state index contributed by atoms with van der Waals surface area (Å²) in [5.74, 6) is 1.73. The highest BCUT2D eigenvalue weighted by molar-refractivity contribution is 6.16. The highest BCUT2D eigenvalue weighted by Gasteiger charge is 2.22. The zero-order chi connectivity index (χ0) is 37.5. The first kappa shape index (κ1) is 31.5. The summed E-state index contributed by atoms with van der Waals surface area (Å²) < 4.78 is 15.5. The van der Waals surface area contributed by atoms with E-state index >= 15 is 0 Å². The summed E-state index contributed by atoms with van der Waals surface area (Å²) in [5, 5.41) is 6.48. The first-order chi connectivity index (χ1) is 28.3. The minimum absolute atomic E-state index is 0.553. The number of para-hydroxylation sites is 4. The topological polar surface area (TPSA) is 69.9 Å². The van der Waals surface area contributed by atoms with Crippen molar-refractivity contribution in [2.75, 3.05) is 0 Å². The van der Waals surface area contributed by atoms with Crippen molar-refractivity contribution >= 4 is 65.7 Å². The van der Waals surface area contributed by atoms with Crippen LogP contribution >= 0.6 is 0 Å². The quantitative estimate of drug-likeness (QED) is 0.176. The average Bonchev–Trinajstić information content (AvgIpc) is 3.96. The van der Waals surface area contributed by atoms with E-state index in [2.05, 4.69) is 120 Å². The normalized spacial score (nSPS) is 11.9. The van der Waals surface area contributed by atoms with Gasteiger partial charge in [0, 0.05) is 43.4 Å². The summed E-state index contributed by atoms with van der Waals surface area (Å²) in [6.45, 7) is 0. The zero-order valence-electron chi connectivity index (χ0n) is 30.4. The van der Waals surface area contributed by atoms with Crippen LogP contribution in [0.25, 0.3) is 117 Å². The molecule has 0 spiro atoms. The Morgan fingerprint density at radius 2 is 0.947 bits per heavy atom. The van der Waals surface area contributed by atoms with E-state index in [1.165, 1.54) is 0 Å². The van der Waals surface area contributed by atoms with Crippen molar-refractivity contribution in [1.82, 2.24) is 19.5 Å². The summed E-state index contributed by atoms with van der Waals surface area (Å²) in [7, 11) is 0. The fourth-order valence-electron chi connectivity index (χ4n) is 8.50. The molecule has 0 fully saturated rings. The molecule has 0 unspecified atom stereocenters. The predicted octanol–water partition coefficient (Wildman–Crippen LogP) is 13.4. The second kappa shape index (κ2) is 12.3. The molecular formula is C51H30N4O2. The fourth-order valence-corrected chi connectivity index (χ4v) is 8.50. The van der Waals surface area contributed by atoms with Gasteiger partial charge in [-0.05, 0) is 59.7 Å². The molecule has 4 aromatic heterocycles. The van der Waals surface area contributed by atoms with Crippen LogP contribution in [0.3, 0.4) is 0 Å². The van der Waals surface area contributed by atoms with Crippen molar-refractivity contribution in [1.29, 1.82) is 0 Å². The smallest absolute Gasteiger partial charge is 0.167 e. The van der Waals surface area contributed by atoms with E-state index in [1.807, 2.05) is 66.7 Å². The number of rotatable bonds is 5. The molecule has 266 valence electrons. The molecule has 4 heterocycles. The minimum atomic E-state index is 0.553. The monoisotopic (exact) mass is 730 g/mol. The van der Waals surface area contributed by atoms with Gasteiger partial charge in [-0.1, -0.05) is 133 Å². The average molecular weight is 731 g/mol. The third-order valence-corrected chi connectivity index (χ3v) is 11.1. The maximum Gasteiger partial charge on any atom is 0.167 e. The second-order valence-electron chi connectivity index (χ2n) is 14.3. The fraction of sp³-hybridized carbons (Fsp3) is 0. The number of fused-ring (bicyclic) bond motifs is 9. The van der Waals surface area contributed by atoms with E-state index in [1.54, 1.807) is 0 Å². The maximum atomic E-state index is 6.77. The van der Waals surface area contributed by atoms with E-state index in [-0.39, 0.29) is 0 Å². The molecule has 0 N–H and O–H groups in total. The van der Waals surface area contributed by atoms with Gasteiger partial charge in [0.1, 0.15) is 16.7 Å². The van der Waals surface area contributed by atoms with Crippen LogP contribution in [-0.4, -0.2) is 19.5 Å². The van der Waals surface area contributed by atoms with Crippen molar-refractivity contribution in [2.24, 2.45) is 0 Å². The number of furan rings is 2. The van der Waals surface area contributed by atoms with Crippen molar-refractivity contribution < 1.29 is 8.83 Å². The Labute approximate surface area is 325 Å². The van der Waals surface area contributed by atoms with Gasteiger partial charge in [0.05, 0.1) is 22.3 Å². The van der Waals surface area contributed by atoms with Crippen LogP contribution in [-0.2, 0) is 0 Å². The molecular weight excluding hydrogens is 701 g/mol. The largest absolute Gasteiger partial charge is 0.455 e. The molecule has 0 atom stereocenters. The Balaban J connectivity index is 1.07. The molecule has 0 aliphatic heterocycles. The van der Waals surface area contributed by atoms with Gasteiger partial charge >= 0.3 is 0 Å². The first-order valence-electron chi connectivity index (χ1n) is 19.0. The number of benzene rings is 8. The molecule has 0 radical (unpaired) electrons. The van der Waals surface area contributed by atoms with E-state index in [0.717, 1.165) is 99.2 Å². The van der Waals surface area contributed by atoms with Crippen LogP contribution in [0, 0.1) is 0 Å². The summed E-state index contributed by atoms with van der Waals surface area (Å²) in [6, 6.07) is 62.6. The molecule has 0 aliphatic carbocycles. The summed E-state index contributed by atoms with van der Waals surface area (Å²) in [5.41, 5.74) is 11.3. The highest BCUT2D eigenvalue weighted by atomic mass is 16.3. The van der Waals surface area contributed by atoms with Crippen LogP contribution in [0.4, 0.5) is 0 Å². The summed E-state index contributed by atoms with van der Waals surface area (Å²) in [6.07, 6.45) is 0. The minimum Gasteiger partial charge on any atom is -0.455 e. The van der Waals surface area contributed by atoms with Gasteiger partial charge in [0.15, 0.2) is 23.1 Å². The molecule has 0 saturated carbocycles. The molecule has 0 aliphatic rings. The van der Waals surface area contributed by atoms with Crippen LogP contribution in [0.15, 0.2) is 191 Å². The molecule has 8 aromatic carbocycles. The summed E-state index contributed by atoms with van der Waals surface area (Å²) in [4.78, 5) is 15.3. The number of hydrogen-bond donors (Lipinski definition) is 0. The van der Waals surface area contributed by atoms with Gasteiger partial charge in [-0.25, -0.2) is 15.0 Å². The van der Waals surface area contributed by atoms with E-state index in [4.69, 9.17) is 23.8 Å². The molecule has 6 heteroatoms. The second-order valence-corrected chi connectivity index (χ2v) is 14.3. The third kappa shape index (κ3) is 4.87. The van der Waals surface area contributed by atoms with Gasteiger partial charge in [-0.15, -0.1) is 0 Å². The molecule has 0 amide bonds. The van der Waals surface area contributed by atoms with Gasteiger partial charge < -0.3 is 13.4 Å². The lowest BCUT2D eigenvalue weighted by Crippen LogP contribution is -2.00. The molecule has 0 saturated heterocycles. The third-order valence-electron chi connectivity index (χ3n) is 11.1. The summed E-state index contributed by atoms with van der Waals surface area (Å²) >= 11 is 0. The lowest BCUT2D eigenvalue weighted by molar-refractivity contribution is 0.666. The zero-order valence-corrected chi connectivity index (χ0v) is 30.4. The van der Waals surface area contributed by atoms with Gasteiger partial charge in [-0.3, -0.25) is 0 Å². The predicted molar refractivity (Wildman–Crippen MR) is 230 cm³/mol. The number of aromatic nitrogens is 4. The molecule has 6 nitrogen and oxygen atoms in total. The van der Waals surface area contributed by atoms with E-state index < -0.39 is 0 Å². The standard InChI is InChI=1S/C51H30N4O2/c1-3-14-31(15-4-1)34-20-13-27-45-46(34)38-22-12-25-43(48(38)57-45)55-41-24-9-7-18-35(41)40-30-33(28-29-42(40)55)50-52-49(32-16-5-2-6-17-32)53-51(54-50)39-23-11-21-37-36-19-8-10-26-44(36)56-47(37)39/h1-30H. The van der Waals surface area contributed by atoms with Crippen molar-refractivity contribution in [3.05, 3.63) is 182 Å². The maximum absolute atomic E-state index is 6.77. The van der Waals surface area contributed by atoms with Crippen molar-refractivity contribution in [3.63, 3.8) is 0 Å². The highest BCUT2D eigenvalue weighted by Crippen LogP contribution is 2.42. The van der Waals surface area contributed by atoms with Gasteiger partial charge in [-0.2, -0.15) is 0 Å². The van der Waals surface area contributed by atoms with Crippen molar-refractivity contribution in [3.8, 4) is 51.0 Å². The number of nitrogens with zero attached hydrogens (tertiary/aromatic N) is 4. The van der Waals surface area contributed by atoms with E-state index in [9.17, 15) is 0 Å². The van der Waals surface area contributed by atoms with Gasteiger partial charge in [0.2, 0.25) is 0 Å². The Hall–Kier alpha value is -7.83. The van der Waals surface area contributed by atoms with Crippen LogP contribution in [0.2, 0.25) is 0 Å². The first-order valence-corrected chi connectivity index (χ1v) is 19.0.